The monoisotopic (exact) mass is 333 g/mol. The highest BCUT2D eigenvalue weighted by Gasteiger charge is 2.08. The molecular weight excluding hydrogens is 318 g/mol. The van der Waals surface area contributed by atoms with E-state index in [1.807, 2.05) is 50.2 Å². The van der Waals surface area contributed by atoms with Crippen LogP contribution in [0.2, 0.25) is 0 Å². The zero-order valence-electron chi connectivity index (χ0n) is 11.4. The topological polar surface area (TPSA) is 38.3 Å². The molecule has 0 aromatic heterocycles. The van der Waals surface area contributed by atoms with E-state index in [0.29, 0.717) is 12.2 Å². The molecule has 2 rings (SSSR count). The first-order valence-electron chi connectivity index (χ1n) is 6.40. The Balaban J connectivity index is 2.15. The molecule has 0 aliphatic rings. The average Bonchev–Trinajstić information content (AvgIpc) is 2.41. The molecule has 3 nitrogen and oxygen atoms in total. The fraction of sp³-hybridized carbons (Fsp3) is 0.188. The summed E-state index contributed by atoms with van der Waals surface area (Å²) >= 11 is 3.38. The molecule has 104 valence electrons. The molecule has 0 atom stereocenters. The number of anilines is 1. The minimum absolute atomic E-state index is 0.130. The van der Waals surface area contributed by atoms with E-state index in [2.05, 4.69) is 21.2 Å². The van der Waals surface area contributed by atoms with Crippen LogP contribution in [0.15, 0.2) is 46.9 Å². The zero-order valence-corrected chi connectivity index (χ0v) is 13.0. The van der Waals surface area contributed by atoms with Crippen molar-refractivity contribution in [2.45, 2.75) is 13.8 Å². The molecule has 4 heteroatoms. The lowest BCUT2D eigenvalue weighted by atomic mass is 10.1. The lowest BCUT2D eigenvalue weighted by molar-refractivity contribution is 0.102. The second-order valence-corrected chi connectivity index (χ2v) is 5.29. The number of hydrogen-bond donors (Lipinski definition) is 1. The highest BCUT2D eigenvalue weighted by Crippen LogP contribution is 2.21. The van der Waals surface area contributed by atoms with Crippen LogP contribution < -0.4 is 10.1 Å². The number of carbonyl (C=O) groups is 1. The Kier molecular flexibility index (Phi) is 4.79. The van der Waals surface area contributed by atoms with Crippen LogP contribution in [0.4, 0.5) is 5.69 Å². The smallest absolute Gasteiger partial charge is 0.255 e. The predicted molar refractivity (Wildman–Crippen MR) is 84.4 cm³/mol. The molecular formula is C16H16BrNO2. The summed E-state index contributed by atoms with van der Waals surface area (Å²) in [6, 6.07) is 12.9. The summed E-state index contributed by atoms with van der Waals surface area (Å²) in [4.78, 5) is 12.2. The van der Waals surface area contributed by atoms with Crippen molar-refractivity contribution in [1.29, 1.82) is 0 Å². The van der Waals surface area contributed by atoms with E-state index in [9.17, 15) is 4.79 Å². The Bertz CT molecular complexity index is 626. The molecule has 0 fully saturated rings. The van der Waals surface area contributed by atoms with Crippen LogP contribution in [0, 0.1) is 6.92 Å². The number of nitrogens with one attached hydrogen (secondary N) is 1. The van der Waals surface area contributed by atoms with E-state index < -0.39 is 0 Å². The molecule has 0 spiro atoms. The number of carbonyl (C=O) groups excluding carboxylic acids is 1. The van der Waals surface area contributed by atoms with Gasteiger partial charge >= 0.3 is 0 Å². The summed E-state index contributed by atoms with van der Waals surface area (Å²) in [7, 11) is 0. The maximum Gasteiger partial charge on any atom is 0.255 e. The van der Waals surface area contributed by atoms with Crippen molar-refractivity contribution < 1.29 is 9.53 Å². The zero-order chi connectivity index (χ0) is 14.5. The third kappa shape index (κ3) is 3.61. The SMILES string of the molecule is CCOc1ccc(C(=O)Nc2cccc(Br)c2)cc1C. The molecule has 0 heterocycles. The van der Waals surface area contributed by atoms with E-state index in [4.69, 9.17) is 4.74 Å². The van der Waals surface area contributed by atoms with Crippen LogP contribution in [-0.2, 0) is 0 Å². The number of aryl methyl sites for hydroxylation is 1. The van der Waals surface area contributed by atoms with Gasteiger partial charge < -0.3 is 10.1 Å². The van der Waals surface area contributed by atoms with E-state index in [1.54, 1.807) is 6.07 Å². The van der Waals surface area contributed by atoms with Crippen LogP contribution in [-0.4, -0.2) is 12.5 Å². The maximum absolute atomic E-state index is 12.2. The average molecular weight is 334 g/mol. The van der Waals surface area contributed by atoms with E-state index in [0.717, 1.165) is 21.5 Å². The predicted octanol–water partition coefficient (Wildman–Crippen LogP) is 4.41. The molecule has 1 amide bonds. The summed E-state index contributed by atoms with van der Waals surface area (Å²) in [5, 5.41) is 2.87. The Hall–Kier alpha value is -1.81. The van der Waals surface area contributed by atoms with Gasteiger partial charge in [-0.15, -0.1) is 0 Å². The molecule has 0 aliphatic heterocycles. The summed E-state index contributed by atoms with van der Waals surface area (Å²) in [6.45, 7) is 4.48. The van der Waals surface area contributed by atoms with Gasteiger partial charge in [-0.3, -0.25) is 4.79 Å². The fourth-order valence-corrected chi connectivity index (χ4v) is 2.28. The summed E-state index contributed by atoms with van der Waals surface area (Å²) in [5.41, 5.74) is 2.33. The van der Waals surface area contributed by atoms with Crippen molar-refractivity contribution >= 4 is 27.5 Å². The molecule has 2 aromatic carbocycles. The van der Waals surface area contributed by atoms with Crippen molar-refractivity contribution in [1.82, 2.24) is 0 Å². The first kappa shape index (κ1) is 14.6. The summed E-state index contributed by atoms with van der Waals surface area (Å²) in [6.07, 6.45) is 0. The van der Waals surface area contributed by atoms with Gasteiger partial charge in [-0.25, -0.2) is 0 Å². The second-order valence-electron chi connectivity index (χ2n) is 4.38. The molecule has 20 heavy (non-hydrogen) atoms. The molecule has 0 bridgehead atoms. The number of rotatable bonds is 4. The van der Waals surface area contributed by atoms with Gasteiger partial charge in [-0.2, -0.15) is 0 Å². The molecule has 0 saturated carbocycles. The van der Waals surface area contributed by atoms with Crippen LogP contribution in [0.5, 0.6) is 5.75 Å². The minimum Gasteiger partial charge on any atom is -0.494 e. The van der Waals surface area contributed by atoms with Gasteiger partial charge in [0.2, 0.25) is 0 Å². The van der Waals surface area contributed by atoms with E-state index >= 15 is 0 Å². The van der Waals surface area contributed by atoms with E-state index in [-0.39, 0.29) is 5.91 Å². The largest absolute Gasteiger partial charge is 0.494 e. The van der Waals surface area contributed by atoms with Gasteiger partial charge in [0.25, 0.3) is 5.91 Å². The number of halogens is 1. The lowest BCUT2D eigenvalue weighted by Crippen LogP contribution is -2.12. The highest BCUT2D eigenvalue weighted by molar-refractivity contribution is 9.10. The Morgan fingerprint density at radius 3 is 2.70 bits per heavy atom. The van der Waals surface area contributed by atoms with Gasteiger partial charge in [0.05, 0.1) is 6.61 Å². The first-order chi connectivity index (χ1) is 9.60. The number of ether oxygens (including phenoxy) is 1. The van der Waals surface area contributed by atoms with Crippen LogP contribution in [0.1, 0.15) is 22.8 Å². The van der Waals surface area contributed by atoms with Gasteiger partial charge in [0.1, 0.15) is 5.75 Å². The van der Waals surface area contributed by atoms with Crippen molar-refractivity contribution in [3.63, 3.8) is 0 Å². The second kappa shape index (κ2) is 6.57. The lowest BCUT2D eigenvalue weighted by Gasteiger charge is -2.10. The number of benzene rings is 2. The maximum atomic E-state index is 12.2. The van der Waals surface area contributed by atoms with Crippen LogP contribution in [0.3, 0.4) is 0 Å². The van der Waals surface area contributed by atoms with Crippen molar-refractivity contribution in [3.05, 3.63) is 58.1 Å². The molecule has 0 saturated heterocycles. The van der Waals surface area contributed by atoms with Crippen molar-refractivity contribution in [2.24, 2.45) is 0 Å². The molecule has 0 unspecified atom stereocenters. The summed E-state index contributed by atoms with van der Waals surface area (Å²) in [5.74, 6) is 0.681. The van der Waals surface area contributed by atoms with Crippen LogP contribution >= 0.6 is 15.9 Å². The Morgan fingerprint density at radius 1 is 1.25 bits per heavy atom. The Labute approximate surface area is 127 Å². The Morgan fingerprint density at radius 2 is 2.05 bits per heavy atom. The van der Waals surface area contributed by atoms with Gasteiger partial charge in [0.15, 0.2) is 0 Å². The third-order valence-electron chi connectivity index (χ3n) is 2.82. The standard InChI is InChI=1S/C16H16BrNO2/c1-3-20-15-8-7-12(9-11(15)2)16(19)18-14-6-4-5-13(17)10-14/h4-10H,3H2,1-2H3,(H,18,19). The van der Waals surface area contributed by atoms with Crippen LogP contribution in [0.25, 0.3) is 0 Å². The number of hydrogen-bond acceptors (Lipinski definition) is 2. The molecule has 2 aromatic rings. The molecule has 0 aliphatic carbocycles. The molecule has 0 radical (unpaired) electrons. The summed E-state index contributed by atoms with van der Waals surface area (Å²) < 4.78 is 6.40. The molecule has 1 N–H and O–H groups in total. The normalized spacial score (nSPS) is 10.2. The van der Waals surface area contributed by atoms with Gasteiger partial charge in [-0.05, 0) is 55.8 Å². The van der Waals surface area contributed by atoms with Crippen molar-refractivity contribution in [3.8, 4) is 5.75 Å². The minimum atomic E-state index is -0.130. The fourth-order valence-electron chi connectivity index (χ4n) is 1.88. The highest BCUT2D eigenvalue weighted by atomic mass is 79.9. The first-order valence-corrected chi connectivity index (χ1v) is 7.20. The third-order valence-corrected chi connectivity index (χ3v) is 3.31. The van der Waals surface area contributed by atoms with Crippen molar-refractivity contribution in [2.75, 3.05) is 11.9 Å². The number of amides is 1. The van der Waals surface area contributed by atoms with Gasteiger partial charge in [-0.1, -0.05) is 22.0 Å². The quantitative estimate of drug-likeness (QED) is 0.899. The van der Waals surface area contributed by atoms with Gasteiger partial charge in [0, 0.05) is 15.7 Å². The van der Waals surface area contributed by atoms with E-state index in [1.165, 1.54) is 0 Å².